The molecule has 0 spiro atoms. The molecule has 2 N–H and O–H groups in total. The van der Waals surface area contributed by atoms with Crippen molar-refractivity contribution >= 4 is 10.0 Å². The van der Waals surface area contributed by atoms with E-state index in [1.54, 1.807) is 22.5 Å². The second kappa shape index (κ2) is 4.76. The highest BCUT2D eigenvalue weighted by Crippen LogP contribution is 2.31. The van der Waals surface area contributed by atoms with Crippen LogP contribution in [0.25, 0.3) is 0 Å². The van der Waals surface area contributed by atoms with E-state index in [1.807, 2.05) is 13.0 Å². The fourth-order valence-electron chi connectivity index (χ4n) is 1.90. The van der Waals surface area contributed by atoms with Gasteiger partial charge in [-0.3, -0.25) is 0 Å². The van der Waals surface area contributed by atoms with Gasteiger partial charge in [-0.25, -0.2) is 8.42 Å². The third-order valence-electron chi connectivity index (χ3n) is 2.90. The highest BCUT2D eigenvalue weighted by molar-refractivity contribution is 7.89. The zero-order valence-corrected chi connectivity index (χ0v) is 10.8. The van der Waals surface area contributed by atoms with E-state index in [4.69, 9.17) is 5.73 Å². The summed E-state index contributed by atoms with van der Waals surface area (Å²) in [6, 6.07) is 7.18. The number of hydrogen-bond acceptors (Lipinski definition) is 3. The van der Waals surface area contributed by atoms with Crippen LogP contribution in [-0.2, 0) is 10.0 Å². The smallest absolute Gasteiger partial charge is 0.243 e. The minimum Gasteiger partial charge on any atom is -0.329 e. The zero-order chi connectivity index (χ0) is 12.5. The molecule has 2 rings (SSSR count). The van der Waals surface area contributed by atoms with Gasteiger partial charge < -0.3 is 5.73 Å². The Morgan fingerprint density at radius 3 is 2.65 bits per heavy atom. The standard InChI is InChI=1S/C12H18N2O2S/c1-10-3-2-4-12(9-10)17(15,16)14(8-7-13)11-5-6-11/h2-4,9,11H,5-8,13H2,1H3. The second-order valence-corrected chi connectivity index (χ2v) is 6.34. The van der Waals surface area contributed by atoms with Crippen LogP contribution in [0.3, 0.4) is 0 Å². The van der Waals surface area contributed by atoms with Gasteiger partial charge in [0.05, 0.1) is 4.90 Å². The summed E-state index contributed by atoms with van der Waals surface area (Å²) in [5.74, 6) is 0. The summed E-state index contributed by atoms with van der Waals surface area (Å²) < 4.78 is 26.4. The molecular formula is C12H18N2O2S. The van der Waals surface area contributed by atoms with E-state index in [9.17, 15) is 8.42 Å². The maximum Gasteiger partial charge on any atom is 0.243 e. The van der Waals surface area contributed by atoms with Crippen LogP contribution in [0.1, 0.15) is 18.4 Å². The van der Waals surface area contributed by atoms with Crippen molar-refractivity contribution < 1.29 is 8.42 Å². The first kappa shape index (κ1) is 12.5. The van der Waals surface area contributed by atoms with E-state index in [1.165, 1.54) is 0 Å². The van der Waals surface area contributed by atoms with Crippen molar-refractivity contribution in [3.05, 3.63) is 29.8 Å². The number of nitrogens with two attached hydrogens (primary N) is 1. The van der Waals surface area contributed by atoms with Gasteiger partial charge in [0.25, 0.3) is 0 Å². The molecule has 17 heavy (non-hydrogen) atoms. The quantitative estimate of drug-likeness (QED) is 0.856. The Bertz CT molecular complexity index is 495. The molecule has 94 valence electrons. The number of aryl methyl sites for hydroxylation is 1. The summed E-state index contributed by atoms with van der Waals surface area (Å²) in [6.45, 7) is 2.66. The van der Waals surface area contributed by atoms with Gasteiger partial charge in [-0.15, -0.1) is 0 Å². The van der Waals surface area contributed by atoms with Crippen LogP contribution in [0.2, 0.25) is 0 Å². The molecule has 0 saturated heterocycles. The molecule has 0 heterocycles. The van der Waals surface area contributed by atoms with Crippen LogP contribution in [-0.4, -0.2) is 31.9 Å². The third kappa shape index (κ3) is 2.68. The molecule has 1 aromatic carbocycles. The SMILES string of the molecule is Cc1cccc(S(=O)(=O)N(CCN)C2CC2)c1. The van der Waals surface area contributed by atoms with Gasteiger partial charge >= 0.3 is 0 Å². The lowest BCUT2D eigenvalue weighted by Crippen LogP contribution is -2.37. The van der Waals surface area contributed by atoms with Gasteiger partial charge in [0.15, 0.2) is 0 Å². The molecule has 0 atom stereocenters. The van der Waals surface area contributed by atoms with Crippen LogP contribution in [0, 0.1) is 6.92 Å². The molecule has 0 unspecified atom stereocenters. The van der Waals surface area contributed by atoms with Gasteiger partial charge in [0.2, 0.25) is 10.0 Å². The van der Waals surface area contributed by atoms with Crippen LogP contribution in [0.5, 0.6) is 0 Å². The minimum atomic E-state index is -3.37. The molecule has 1 aliphatic carbocycles. The Morgan fingerprint density at radius 1 is 1.41 bits per heavy atom. The second-order valence-electron chi connectivity index (χ2n) is 4.45. The Balaban J connectivity index is 2.33. The van der Waals surface area contributed by atoms with Crippen molar-refractivity contribution in [2.45, 2.75) is 30.7 Å². The molecule has 1 aliphatic rings. The summed E-state index contributed by atoms with van der Waals surface area (Å²) in [5, 5.41) is 0. The average Bonchev–Trinajstić information content (AvgIpc) is 3.09. The molecule has 0 radical (unpaired) electrons. The van der Waals surface area contributed by atoms with Crippen LogP contribution < -0.4 is 5.73 Å². The fourth-order valence-corrected chi connectivity index (χ4v) is 3.71. The van der Waals surface area contributed by atoms with E-state index in [0.717, 1.165) is 18.4 Å². The van der Waals surface area contributed by atoms with E-state index < -0.39 is 10.0 Å². The van der Waals surface area contributed by atoms with Crippen LogP contribution in [0.15, 0.2) is 29.2 Å². The molecule has 0 aromatic heterocycles. The number of benzene rings is 1. The fraction of sp³-hybridized carbons (Fsp3) is 0.500. The Morgan fingerprint density at radius 2 is 2.12 bits per heavy atom. The Labute approximate surface area is 102 Å². The first-order chi connectivity index (χ1) is 8.05. The van der Waals surface area contributed by atoms with E-state index in [-0.39, 0.29) is 6.04 Å². The predicted octanol–water partition coefficient (Wildman–Crippen LogP) is 1.11. The highest BCUT2D eigenvalue weighted by atomic mass is 32.2. The summed E-state index contributed by atoms with van der Waals surface area (Å²) in [5.41, 5.74) is 6.45. The molecule has 4 nitrogen and oxygen atoms in total. The normalized spacial score (nSPS) is 16.4. The first-order valence-corrected chi connectivity index (χ1v) is 7.28. The summed E-state index contributed by atoms with van der Waals surface area (Å²) in [4.78, 5) is 0.373. The molecule has 0 bridgehead atoms. The van der Waals surface area contributed by atoms with Gasteiger partial charge in [0.1, 0.15) is 0 Å². The maximum absolute atomic E-state index is 12.4. The number of nitrogens with zero attached hydrogens (tertiary/aromatic N) is 1. The summed E-state index contributed by atoms with van der Waals surface area (Å²) in [6.07, 6.45) is 1.90. The van der Waals surface area contributed by atoms with Gasteiger partial charge in [-0.05, 0) is 37.5 Å². The maximum atomic E-state index is 12.4. The van der Waals surface area contributed by atoms with E-state index in [0.29, 0.717) is 18.0 Å². The van der Waals surface area contributed by atoms with Gasteiger partial charge in [-0.1, -0.05) is 12.1 Å². The third-order valence-corrected chi connectivity index (χ3v) is 4.85. The molecular weight excluding hydrogens is 236 g/mol. The molecule has 1 aromatic rings. The van der Waals surface area contributed by atoms with Crippen molar-refractivity contribution in [1.82, 2.24) is 4.31 Å². The van der Waals surface area contributed by atoms with Crippen LogP contribution >= 0.6 is 0 Å². The van der Waals surface area contributed by atoms with Crippen molar-refractivity contribution in [3.63, 3.8) is 0 Å². The molecule has 1 fully saturated rings. The van der Waals surface area contributed by atoms with Crippen LogP contribution in [0.4, 0.5) is 0 Å². The van der Waals surface area contributed by atoms with Crippen molar-refractivity contribution in [1.29, 1.82) is 0 Å². The summed E-state index contributed by atoms with van der Waals surface area (Å²) in [7, 11) is -3.37. The van der Waals surface area contributed by atoms with Crippen molar-refractivity contribution in [2.24, 2.45) is 5.73 Å². The van der Waals surface area contributed by atoms with E-state index in [2.05, 4.69) is 0 Å². The van der Waals surface area contributed by atoms with Crippen molar-refractivity contribution in [2.75, 3.05) is 13.1 Å². The summed E-state index contributed by atoms with van der Waals surface area (Å²) >= 11 is 0. The first-order valence-electron chi connectivity index (χ1n) is 5.84. The number of sulfonamides is 1. The average molecular weight is 254 g/mol. The number of hydrogen-bond donors (Lipinski definition) is 1. The Hall–Kier alpha value is -0.910. The topological polar surface area (TPSA) is 63.4 Å². The zero-order valence-electron chi connectivity index (χ0n) is 9.96. The molecule has 5 heteroatoms. The lowest BCUT2D eigenvalue weighted by molar-refractivity contribution is 0.411. The monoisotopic (exact) mass is 254 g/mol. The lowest BCUT2D eigenvalue weighted by Gasteiger charge is -2.21. The minimum absolute atomic E-state index is 0.157. The van der Waals surface area contributed by atoms with Gasteiger partial charge in [-0.2, -0.15) is 4.31 Å². The largest absolute Gasteiger partial charge is 0.329 e. The van der Waals surface area contributed by atoms with E-state index >= 15 is 0 Å². The van der Waals surface area contributed by atoms with Crippen molar-refractivity contribution in [3.8, 4) is 0 Å². The Kier molecular flexibility index (Phi) is 3.51. The number of rotatable bonds is 5. The molecule has 0 amide bonds. The highest BCUT2D eigenvalue weighted by Gasteiger charge is 2.37. The molecule has 0 aliphatic heterocycles. The molecule has 1 saturated carbocycles. The van der Waals surface area contributed by atoms with Gasteiger partial charge in [0, 0.05) is 19.1 Å². The lowest BCUT2D eigenvalue weighted by atomic mass is 10.2. The predicted molar refractivity (Wildman–Crippen MR) is 67.1 cm³/mol.